The van der Waals surface area contributed by atoms with Gasteiger partial charge in [0.15, 0.2) is 0 Å². The summed E-state index contributed by atoms with van der Waals surface area (Å²) in [5, 5.41) is 0. The molecule has 0 spiro atoms. The molecule has 1 fully saturated rings. The summed E-state index contributed by atoms with van der Waals surface area (Å²) >= 11 is 0. The zero-order valence-corrected chi connectivity index (χ0v) is 17.4. The van der Waals surface area contributed by atoms with Gasteiger partial charge in [-0.3, -0.25) is 14.7 Å². The minimum atomic E-state index is -4.70. The summed E-state index contributed by atoms with van der Waals surface area (Å²) in [4.78, 5) is 24.5. The standard InChI is InChI=1S/C21H25F3N4O3/c1-13-9-28(10-14(2)30-13)20-25-18-12-27(8-7-17(18)19(29)26-20)11-15-3-5-16(6-4-15)31-21(22,23)24/h3-6,13-14H,7-12H2,1-2H3,(H,25,26,29)/t13-,14-/m0/s1. The first-order valence-electron chi connectivity index (χ1n) is 10.3. The van der Waals surface area contributed by atoms with Crippen LogP contribution in [0.4, 0.5) is 19.1 Å². The van der Waals surface area contributed by atoms with Gasteiger partial charge in [0.25, 0.3) is 5.56 Å². The van der Waals surface area contributed by atoms with Gasteiger partial charge < -0.3 is 14.4 Å². The van der Waals surface area contributed by atoms with Crippen LogP contribution in [-0.4, -0.2) is 53.1 Å². The maximum Gasteiger partial charge on any atom is 0.573 e. The van der Waals surface area contributed by atoms with E-state index in [0.29, 0.717) is 50.7 Å². The van der Waals surface area contributed by atoms with Gasteiger partial charge in [-0.1, -0.05) is 12.1 Å². The van der Waals surface area contributed by atoms with E-state index < -0.39 is 6.36 Å². The second kappa shape index (κ2) is 8.51. The predicted molar refractivity (Wildman–Crippen MR) is 108 cm³/mol. The number of rotatable bonds is 4. The third-order valence-corrected chi connectivity index (χ3v) is 5.42. The summed E-state index contributed by atoms with van der Waals surface area (Å²) in [7, 11) is 0. The van der Waals surface area contributed by atoms with E-state index in [2.05, 4.69) is 14.6 Å². The summed E-state index contributed by atoms with van der Waals surface area (Å²) in [6, 6.07) is 5.85. The van der Waals surface area contributed by atoms with Crippen LogP contribution in [0.2, 0.25) is 0 Å². The highest BCUT2D eigenvalue weighted by atomic mass is 19.4. The Morgan fingerprint density at radius 2 is 1.87 bits per heavy atom. The van der Waals surface area contributed by atoms with Gasteiger partial charge in [-0.05, 0) is 38.0 Å². The van der Waals surface area contributed by atoms with Crippen molar-refractivity contribution in [3.05, 3.63) is 51.4 Å². The van der Waals surface area contributed by atoms with Gasteiger partial charge in [-0.2, -0.15) is 0 Å². The maximum absolute atomic E-state index is 12.6. The van der Waals surface area contributed by atoms with Crippen LogP contribution in [-0.2, 0) is 24.2 Å². The van der Waals surface area contributed by atoms with E-state index in [4.69, 9.17) is 9.72 Å². The maximum atomic E-state index is 12.6. The number of alkyl halides is 3. The molecule has 2 aliphatic heterocycles. The number of H-pyrrole nitrogens is 1. The molecule has 0 radical (unpaired) electrons. The molecule has 1 aromatic carbocycles. The van der Waals surface area contributed by atoms with Crippen molar-refractivity contribution in [1.29, 1.82) is 0 Å². The normalized spacial score (nSPS) is 22.3. The van der Waals surface area contributed by atoms with Crippen LogP contribution in [0, 0.1) is 0 Å². The Morgan fingerprint density at radius 3 is 2.52 bits per heavy atom. The van der Waals surface area contributed by atoms with E-state index >= 15 is 0 Å². The zero-order valence-electron chi connectivity index (χ0n) is 17.4. The fourth-order valence-corrected chi connectivity index (χ4v) is 4.17. The van der Waals surface area contributed by atoms with Gasteiger partial charge >= 0.3 is 6.36 Å². The molecule has 1 saturated heterocycles. The Morgan fingerprint density at radius 1 is 1.19 bits per heavy atom. The number of fused-ring (bicyclic) bond motifs is 1. The van der Waals surface area contributed by atoms with Crippen LogP contribution in [0.3, 0.4) is 0 Å². The van der Waals surface area contributed by atoms with E-state index in [9.17, 15) is 18.0 Å². The molecular formula is C21H25F3N4O3. The highest BCUT2D eigenvalue weighted by molar-refractivity contribution is 5.35. The molecule has 31 heavy (non-hydrogen) atoms. The number of hydrogen-bond acceptors (Lipinski definition) is 6. The molecule has 2 atom stereocenters. The van der Waals surface area contributed by atoms with E-state index in [0.717, 1.165) is 11.3 Å². The summed E-state index contributed by atoms with van der Waals surface area (Å²) in [5.41, 5.74) is 2.19. The van der Waals surface area contributed by atoms with Crippen LogP contribution in [0.15, 0.2) is 29.1 Å². The number of aromatic amines is 1. The third-order valence-electron chi connectivity index (χ3n) is 5.42. The number of anilines is 1. The first-order chi connectivity index (χ1) is 14.7. The van der Waals surface area contributed by atoms with Crippen LogP contribution >= 0.6 is 0 Å². The predicted octanol–water partition coefficient (Wildman–Crippen LogP) is 2.84. The average molecular weight is 438 g/mol. The SMILES string of the molecule is C[C@H]1CN(c2nc3c(c(=O)[nH]2)CCN(Cc2ccc(OC(F)(F)F)cc2)C3)C[C@H](C)O1. The fourth-order valence-electron chi connectivity index (χ4n) is 4.17. The molecule has 0 unspecified atom stereocenters. The van der Waals surface area contributed by atoms with Gasteiger partial charge in [0.05, 0.1) is 17.9 Å². The Bertz CT molecular complexity index is 967. The molecule has 4 rings (SSSR count). The lowest BCUT2D eigenvalue weighted by Crippen LogP contribution is -2.47. The van der Waals surface area contributed by atoms with Crippen molar-refractivity contribution in [2.75, 3.05) is 24.5 Å². The van der Waals surface area contributed by atoms with Gasteiger partial charge in [0, 0.05) is 38.3 Å². The second-order valence-electron chi connectivity index (χ2n) is 8.13. The molecule has 0 bridgehead atoms. The smallest absolute Gasteiger partial charge is 0.406 e. The molecule has 0 saturated carbocycles. The van der Waals surface area contributed by atoms with E-state index in [-0.39, 0.29) is 23.5 Å². The molecule has 7 nitrogen and oxygen atoms in total. The molecule has 0 aliphatic carbocycles. The third kappa shape index (κ3) is 5.37. The Labute approximate surface area is 177 Å². The van der Waals surface area contributed by atoms with Crippen LogP contribution in [0.25, 0.3) is 0 Å². The van der Waals surface area contributed by atoms with Gasteiger partial charge in [0.2, 0.25) is 5.95 Å². The first-order valence-corrected chi connectivity index (χ1v) is 10.3. The number of aromatic nitrogens is 2. The summed E-state index contributed by atoms with van der Waals surface area (Å²) in [6.45, 7) is 7.01. The molecular weight excluding hydrogens is 413 g/mol. The second-order valence-corrected chi connectivity index (χ2v) is 8.13. The lowest BCUT2D eigenvalue weighted by molar-refractivity contribution is -0.274. The van der Waals surface area contributed by atoms with Crippen molar-refractivity contribution < 1.29 is 22.6 Å². The lowest BCUT2D eigenvalue weighted by Gasteiger charge is -2.36. The average Bonchev–Trinajstić information content (AvgIpc) is 2.67. The Kier molecular flexibility index (Phi) is 5.94. The van der Waals surface area contributed by atoms with Gasteiger partial charge in [-0.15, -0.1) is 13.2 Å². The number of halogens is 3. The largest absolute Gasteiger partial charge is 0.573 e. The number of nitrogens with zero attached hydrogens (tertiary/aromatic N) is 3. The highest BCUT2D eigenvalue weighted by Gasteiger charge is 2.31. The van der Waals surface area contributed by atoms with Crippen molar-refractivity contribution in [1.82, 2.24) is 14.9 Å². The number of morpholine rings is 1. The van der Waals surface area contributed by atoms with E-state index in [1.54, 1.807) is 12.1 Å². The number of hydrogen-bond donors (Lipinski definition) is 1. The molecule has 0 amide bonds. The first kappa shape index (κ1) is 21.6. The summed E-state index contributed by atoms with van der Waals surface area (Å²) in [6.07, 6.45) is -4.04. The summed E-state index contributed by atoms with van der Waals surface area (Å²) in [5.74, 6) is 0.313. The molecule has 2 aromatic rings. The van der Waals surface area contributed by atoms with Gasteiger partial charge in [-0.25, -0.2) is 4.98 Å². The van der Waals surface area contributed by atoms with Crippen molar-refractivity contribution in [3.8, 4) is 5.75 Å². The van der Waals surface area contributed by atoms with Crippen molar-refractivity contribution in [3.63, 3.8) is 0 Å². The monoisotopic (exact) mass is 438 g/mol. The van der Waals surface area contributed by atoms with Crippen molar-refractivity contribution in [2.45, 2.75) is 51.9 Å². The number of ether oxygens (including phenoxy) is 2. The van der Waals surface area contributed by atoms with E-state index in [1.165, 1.54) is 12.1 Å². The lowest BCUT2D eigenvalue weighted by atomic mass is 10.1. The molecule has 168 valence electrons. The molecule has 1 N–H and O–H groups in total. The fraction of sp³-hybridized carbons (Fsp3) is 0.524. The topological polar surface area (TPSA) is 70.7 Å². The minimum absolute atomic E-state index is 0.0471. The molecule has 10 heteroatoms. The quantitative estimate of drug-likeness (QED) is 0.792. The Balaban J connectivity index is 1.46. The summed E-state index contributed by atoms with van der Waals surface area (Å²) < 4.78 is 46.6. The molecule has 1 aromatic heterocycles. The van der Waals surface area contributed by atoms with Crippen LogP contribution in [0.1, 0.15) is 30.7 Å². The van der Waals surface area contributed by atoms with Crippen LogP contribution in [0.5, 0.6) is 5.75 Å². The zero-order chi connectivity index (χ0) is 22.2. The van der Waals surface area contributed by atoms with E-state index in [1.807, 2.05) is 18.7 Å². The highest BCUT2D eigenvalue weighted by Crippen LogP contribution is 2.24. The Hall–Kier alpha value is -2.59. The number of benzene rings is 1. The molecule has 3 heterocycles. The number of nitrogens with one attached hydrogen (secondary N) is 1. The molecule has 2 aliphatic rings. The minimum Gasteiger partial charge on any atom is -0.406 e. The van der Waals surface area contributed by atoms with Crippen LogP contribution < -0.4 is 15.2 Å². The van der Waals surface area contributed by atoms with Crippen molar-refractivity contribution >= 4 is 5.95 Å². The van der Waals surface area contributed by atoms with Crippen molar-refractivity contribution in [2.24, 2.45) is 0 Å². The van der Waals surface area contributed by atoms with Gasteiger partial charge in [0.1, 0.15) is 5.75 Å².